The monoisotopic (exact) mass is 207 g/mol. The molecule has 1 aromatic rings. The summed E-state index contributed by atoms with van der Waals surface area (Å²) in [6, 6.07) is 0. The van der Waals surface area contributed by atoms with Crippen LogP contribution in [0.3, 0.4) is 0 Å². The van der Waals surface area contributed by atoms with Crippen LogP contribution in [-0.4, -0.2) is 27.5 Å². The topological polar surface area (TPSA) is 21.1 Å². The zero-order valence-corrected chi connectivity index (χ0v) is 9.65. The van der Waals surface area contributed by atoms with Crippen LogP contribution in [0.25, 0.3) is 0 Å². The van der Waals surface area contributed by atoms with Crippen LogP contribution in [0.5, 0.6) is 0 Å². The van der Waals surface area contributed by atoms with Gasteiger partial charge >= 0.3 is 0 Å². The molecule has 0 amide bonds. The summed E-state index contributed by atoms with van der Waals surface area (Å²) in [5.41, 5.74) is 1.36. The highest BCUT2D eigenvalue weighted by atomic mass is 15.2. The van der Waals surface area contributed by atoms with E-state index in [0.717, 1.165) is 13.1 Å². The minimum atomic E-state index is 1.03. The van der Waals surface area contributed by atoms with Crippen LogP contribution in [0.15, 0.2) is 12.5 Å². The lowest BCUT2D eigenvalue weighted by molar-refractivity contribution is 0.270. The van der Waals surface area contributed by atoms with Crippen molar-refractivity contribution in [2.45, 2.75) is 45.7 Å². The molecular weight excluding hydrogens is 186 g/mol. The zero-order valence-electron chi connectivity index (χ0n) is 9.65. The van der Waals surface area contributed by atoms with Gasteiger partial charge < -0.3 is 4.57 Å². The Balaban J connectivity index is 1.94. The van der Waals surface area contributed by atoms with Crippen LogP contribution in [-0.2, 0) is 13.1 Å². The molecule has 1 aromatic heterocycles. The van der Waals surface area contributed by atoms with Crippen LogP contribution in [0.2, 0.25) is 0 Å². The first-order chi connectivity index (χ1) is 7.40. The predicted octanol–water partition coefficient (Wildman–Crippen LogP) is 2.28. The van der Waals surface area contributed by atoms with E-state index >= 15 is 0 Å². The molecule has 15 heavy (non-hydrogen) atoms. The summed E-state index contributed by atoms with van der Waals surface area (Å²) in [6.45, 7) is 6.80. The van der Waals surface area contributed by atoms with E-state index in [4.69, 9.17) is 0 Å². The van der Waals surface area contributed by atoms with E-state index in [1.807, 2.05) is 12.5 Å². The van der Waals surface area contributed by atoms with Gasteiger partial charge in [0.25, 0.3) is 0 Å². The van der Waals surface area contributed by atoms with Crippen molar-refractivity contribution in [2.75, 3.05) is 13.1 Å². The number of hydrogen-bond donors (Lipinski definition) is 0. The maximum absolute atomic E-state index is 4.22. The molecule has 0 spiro atoms. The fourth-order valence-corrected chi connectivity index (χ4v) is 2.29. The van der Waals surface area contributed by atoms with Crippen molar-refractivity contribution in [1.82, 2.24) is 14.5 Å². The lowest BCUT2D eigenvalue weighted by atomic mass is 10.2. The summed E-state index contributed by atoms with van der Waals surface area (Å²) in [5.74, 6) is 0. The summed E-state index contributed by atoms with van der Waals surface area (Å²) >= 11 is 0. The minimum absolute atomic E-state index is 1.03. The van der Waals surface area contributed by atoms with Crippen LogP contribution >= 0.6 is 0 Å². The van der Waals surface area contributed by atoms with Gasteiger partial charge in [0.2, 0.25) is 0 Å². The average molecular weight is 207 g/mol. The molecule has 2 heterocycles. The molecule has 0 radical (unpaired) electrons. The highest BCUT2D eigenvalue weighted by Gasteiger charge is 2.11. The maximum atomic E-state index is 4.22. The summed E-state index contributed by atoms with van der Waals surface area (Å²) in [4.78, 5) is 6.78. The number of imidazole rings is 1. The van der Waals surface area contributed by atoms with Gasteiger partial charge in [-0.3, -0.25) is 4.90 Å². The van der Waals surface area contributed by atoms with Gasteiger partial charge in [0.05, 0.1) is 12.0 Å². The molecule has 3 heteroatoms. The second kappa shape index (κ2) is 5.31. The Kier molecular flexibility index (Phi) is 3.78. The smallest absolute Gasteiger partial charge is 0.0948 e. The molecule has 0 atom stereocenters. The van der Waals surface area contributed by atoms with Gasteiger partial charge in [-0.15, -0.1) is 0 Å². The molecule has 84 valence electrons. The third-order valence-corrected chi connectivity index (χ3v) is 3.22. The number of likely N-dealkylation sites (tertiary alicyclic amines) is 1. The van der Waals surface area contributed by atoms with Crippen molar-refractivity contribution < 1.29 is 0 Å². The number of aromatic nitrogens is 2. The summed E-state index contributed by atoms with van der Waals surface area (Å²) < 4.78 is 2.24. The van der Waals surface area contributed by atoms with E-state index in [9.17, 15) is 0 Å². The average Bonchev–Trinajstić information content (AvgIpc) is 2.53. The molecule has 0 N–H and O–H groups in total. The molecule has 1 saturated heterocycles. The highest BCUT2D eigenvalue weighted by Crippen LogP contribution is 2.12. The van der Waals surface area contributed by atoms with Gasteiger partial charge in [0.1, 0.15) is 0 Å². The van der Waals surface area contributed by atoms with E-state index < -0.39 is 0 Å². The van der Waals surface area contributed by atoms with Crippen LogP contribution < -0.4 is 0 Å². The number of nitrogens with zero attached hydrogens (tertiary/aromatic N) is 3. The number of rotatable bonds is 3. The molecule has 1 aliphatic rings. The van der Waals surface area contributed by atoms with Gasteiger partial charge in [-0.2, -0.15) is 0 Å². The second-order valence-electron chi connectivity index (χ2n) is 4.36. The van der Waals surface area contributed by atoms with Gasteiger partial charge in [-0.1, -0.05) is 12.8 Å². The summed E-state index contributed by atoms with van der Waals surface area (Å²) in [6.07, 6.45) is 9.48. The number of hydrogen-bond acceptors (Lipinski definition) is 2. The van der Waals surface area contributed by atoms with E-state index in [0.29, 0.717) is 0 Å². The predicted molar refractivity (Wildman–Crippen MR) is 61.6 cm³/mol. The zero-order chi connectivity index (χ0) is 10.5. The van der Waals surface area contributed by atoms with Crippen molar-refractivity contribution in [3.8, 4) is 0 Å². The molecule has 0 aliphatic carbocycles. The van der Waals surface area contributed by atoms with Gasteiger partial charge in [0, 0.05) is 19.3 Å². The first kappa shape index (κ1) is 10.7. The maximum Gasteiger partial charge on any atom is 0.0948 e. The van der Waals surface area contributed by atoms with Gasteiger partial charge in [0.15, 0.2) is 0 Å². The number of aryl methyl sites for hydroxylation is 1. The van der Waals surface area contributed by atoms with Crippen molar-refractivity contribution in [1.29, 1.82) is 0 Å². The van der Waals surface area contributed by atoms with Crippen LogP contribution in [0.4, 0.5) is 0 Å². The summed E-state index contributed by atoms with van der Waals surface area (Å²) in [7, 11) is 0. The second-order valence-corrected chi connectivity index (χ2v) is 4.36. The molecule has 0 unspecified atom stereocenters. The van der Waals surface area contributed by atoms with Crippen molar-refractivity contribution in [3.63, 3.8) is 0 Å². The van der Waals surface area contributed by atoms with E-state index in [2.05, 4.69) is 21.4 Å². The van der Waals surface area contributed by atoms with Crippen LogP contribution in [0.1, 0.15) is 38.3 Å². The molecule has 0 saturated carbocycles. The fourth-order valence-electron chi connectivity index (χ4n) is 2.29. The van der Waals surface area contributed by atoms with Crippen molar-refractivity contribution in [2.24, 2.45) is 0 Å². The lowest BCUT2D eigenvalue weighted by Crippen LogP contribution is -2.25. The Morgan fingerprint density at radius 2 is 1.93 bits per heavy atom. The SMILES string of the molecule is CCn1cncc1CN1CCCCCC1. The third kappa shape index (κ3) is 2.81. The van der Waals surface area contributed by atoms with E-state index in [1.54, 1.807) is 0 Å². The first-order valence-electron chi connectivity index (χ1n) is 6.11. The first-order valence-corrected chi connectivity index (χ1v) is 6.11. The highest BCUT2D eigenvalue weighted by molar-refractivity contribution is 4.98. The molecule has 0 bridgehead atoms. The Morgan fingerprint density at radius 1 is 1.20 bits per heavy atom. The molecular formula is C12H21N3. The van der Waals surface area contributed by atoms with Gasteiger partial charge in [-0.25, -0.2) is 4.98 Å². The third-order valence-electron chi connectivity index (χ3n) is 3.22. The normalized spacial score (nSPS) is 19.0. The fraction of sp³-hybridized carbons (Fsp3) is 0.750. The van der Waals surface area contributed by atoms with Crippen molar-refractivity contribution >= 4 is 0 Å². The largest absolute Gasteiger partial charge is 0.334 e. The Hall–Kier alpha value is -0.830. The standard InChI is InChI=1S/C12H21N3/c1-2-15-11-13-9-12(15)10-14-7-5-3-4-6-8-14/h9,11H,2-8,10H2,1H3. The van der Waals surface area contributed by atoms with Crippen molar-refractivity contribution in [3.05, 3.63) is 18.2 Å². The molecule has 2 rings (SSSR count). The molecule has 1 aliphatic heterocycles. The molecule has 3 nitrogen and oxygen atoms in total. The quantitative estimate of drug-likeness (QED) is 0.758. The van der Waals surface area contributed by atoms with Crippen LogP contribution in [0, 0.1) is 0 Å². The Labute approximate surface area is 92.1 Å². The Morgan fingerprint density at radius 3 is 2.60 bits per heavy atom. The Bertz CT molecular complexity index is 285. The van der Waals surface area contributed by atoms with E-state index in [-0.39, 0.29) is 0 Å². The van der Waals surface area contributed by atoms with Gasteiger partial charge in [-0.05, 0) is 32.9 Å². The minimum Gasteiger partial charge on any atom is -0.334 e. The van der Waals surface area contributed by atoms with E-state index in [1.165, 1.54) is 44.5 Å². The summed E-state index contributed by atoms with van der Waals surface area (Å²) in [5, 5.41) is 0. The molecule has 1 fully saturated rings. The lowest BCUT2D eigenvalue weighted by Gasteiger charge is -2.19. The molecule has 0 aromatic carbocycles.